The van der Waals surface area contributed by atoms with Crippen molar-refractivity contribution in [3.8, 4) is 11.5 Å². The van der Waals surface area contributed by atoms with Crippen LogP contribution in [0, 0.1) is 11.8 Å². The predicted octanol–water partition coefficient (Wildman–Crippen LogP) is 5.65. The number of aliphatic hydroxyl groups is 1. The first-order valence-corrected chi connectivity index (χ1v) is 16.5. The Labute approximate surface area is 249 Å². The lowest BCUT2D eigenvalue weighted by atomic mass is 9.48. The lowest BCUT2D eigenvalue weighted by molar-refractivity contribution is -0.201. The number of carbonyl (C=O) groups is 1. The van der Waals surface area contributed by atoms with E-state index in [-0.39, 0.29) is 24.1 Å². The van der Waals surface area contributed by atoms with E-state index in [0.29, 0.717) is 18.9 Å². The van der Waals surface area contributed by atoms with Gasteiger partial charge >= 0.3 is 0 Å². The molecule has 0 radical (unpaired) electrons. The maximum atomic E-state index is 13.9. The Morgan fingerprint density at radius 1 is 1.32 bits per heavy atom. The van der Waals surface area contributed by atoms with E-state index in [9.17, 15) is 9.90 Å². The van der Waals surface area contributed by atoms with Crippen LogP contribution in [-0.4, -0.2) is 71.3 Å². The Kier molecular flexibility index (Phi) is 6.65. The summed E-state index contributed by atoms with van der Waals surface area (Å²) in [4.78, 5) is 19.6. The Morgan fingerprint density at radius 2 is 2.15 bits per heavy atom. The van der Waals surface area contributed by atoms with Crippen molar-refractivity contribution in [2.24, 2.45) is 11.8 Å². The third-order valence-electron chi connectivity index (χ3n) is 10.2. The number of halogens is 1. The number of nitrogens with zero attached hydrogens (tertiary/aromatic N) is 2. The molecule has 2 bridgehead atoms. The number of rotatable bonds is 8. The highest BCUT2D eigenvalue weighted by Gasteiger charge is 2.73. The fourth-order valence-corrected chi connectivity index (χ4v) is 9.71. The number of thiophene rings is 1. The van der Waals surface area contributed by atoms with Gasteiger partial charge in [0.05, 0.1) is 24.2 Å². The molecule has 7 rings (SSSR count). The predicted molar refractivity (Wildman–Crippen MR) is 161 cm³/mol. The van der Waals surface area contributed by atoms with Crippen molar-refractivity contribution in [2.45, 2.75) is 81.6 Å². The number of ether oxygens (including phenoxy) is 2. The molecule has 214 valence electrons. The fraction of sp³-hybridized carbons (Fsp3) is 0.594. The second-order valence-corrected chi connectivity index (χ2v) is 14.8. The van der Waals surface area contributed by atoms with Gasteiger partial charge in [-0.1, -0.05) is 19.9 Å². The van der Waals surface area contributed by atoms with Crippen LogP contribution in [0.15, 0.2) is 34.1 Å². The molecule has 1 spiro atoms. The number of hydrogen-bond donors (Lipinski definition) is 1. The molecule has 2 aromatic rings. The summed E-state index contributed by atoms with van der Waals surface area (Å²) in [6.07, 6.45) is 9.00. The van der Waals surface area contributed by atoms with E-state index in [0.717, 1.165) is 64.7 Å². The lowest BCUT2D eigenvalue weighted by Gasteiger charge is -2.65. The second kappa shape index (κ2) is 9.85. The molecule has 5 aliphatic rings. The van der Waals surface area contributed by atoms with Gasteiger partial charge in [0.25, 0.3) is 0 Å². The molecule has 8 heteroatoms. The highest BCUT2D eigenvalue weighted by Crippen LogP contribution is 2.66. The molecular formula is C32H39BrN2O4S. The molecule has 3 heterocycles. The largest absolute Gasteiger partial charge is 0.493 e. The molecule has 1 aromatic carbocycles. The summed E-state index contributed by atoms with van der Waals surface area (Å²) in [6, 6.07) is 6.20. The van der Waals surface area contributed by atoms with Gasteiger partial charge in [-0.3, -0.25) is 9.69 Å². The lowest BCUT2D eigenvalue weighted by Crippen LogP contribution is -2.78. The summed E-state index contributed by atoms with van der Waals surface area (Å²) in [5.74, 6) is 2.61. The number of methoxy groups -OCH3 is 1. The quantitative estimate of drug-likeness (QED) is 0.384. The third kappa shape index (κ3) is 4.03. The van der Waals surface area contributed by atoms with Gasteiger partial charge < -0.3 is 19.5 Å². The van der Waals surface area contributed by atoms with Crippen LogP contribution in [0.1, 0.15) is 62.0 Å². The van der Waals surface area contributed by atoms with E-state index < -0.39 is 11.0 Å². The number of likely N-dealkylation sites (tertiary alicyclic amines) is 1. The van der Waals surface area contributed by atoms with E-state index in [1.807, 2.05) is 28.5 Å². The van der Waals surface area contributed by atoms with Gasteiger partial charge in [0.15, 0.2) is 11.5 Å². The van der Waals surface area contributed by atoms with E-state index in [1.165, 1.54) is 18.4 Å². The van der Waals surface area contributed by atoms with Crippen molar-refractivity contribution in [2.75, 3.05) is 26.7 Å². The van der Waals surface area contributed by atoms with Crippen molar-refractivity contribution in [3.63, 3.8) is 0 Å². The van der Waals surface area contributed by atoms with Crippen molar-refractivity contribution in [1.29, 1.82) is 0 Å². The zero-order chi connectivity index (χ0) is 27.8. The van der Waals surface area contributed by atoms with Crippen molar-refractivity contribution < 1.29 is 19.4 Å². The summed E-state index contributed by atoms with van der Waals surface area (Å²) in [5.41, 5.74) is 0.995. The van der Waals surface area contributed by atoms with Crippen LogP contribution >= 0.6 is 27.3 Å². The highest BCUT2D eigenvalue weighted by molar-refractivity contribution is 9.10. The molecule has 3 aliphatic carbocycles. The standard InChI is InChI=1S/C32H39BrN2O4S/c1-19(2)16-35(27(36)9-7-23-15-22(33)18-40-23)24-10-11-32(37)26-14-21-6-8-25(38-3)29-28(21)31(32,30(24)39-29)12-13-34(26)17-20-4-5-20/h6-9,15,18-20,24,26,30,37H,4-5,10-14,16-17H2,1-3H3/b9-7+/t24-,26-,30+,31+,32-/m1/s1. The van der Waals surface area contributed by atoms with Crippen LogP contribution in [0.25, 0.3) is 6.08 Å². The molecule has 2 saturated carbocycles. The van der Waals surface area contributed by atoms with E-state index >= 15 is 0 Å². The van der Waals surface area contributed by atoms with Crippen molar-refractivity contribution in [3.05, 3.63) is 50.1 Å². The monoisotopic (exact) mass is 626 g/mol. The first-order valence-electron chi connectivity index (χ1n) is 14.8. The van der Waals surface area contributed by atoms with Gasteiger partial charge in [-0.25, -0.2) is 0 Å². The minimum atomic E-state index is -0.891. The smallest absolute Gasteiger partial charge is 0.246 e. The van der Waals surface area contributed by atoms with Crippen LogP contribution < -0.4 is 9.47 Å². The third-order valence-corrected chi connectivity index (χ3v) is 11.8. The van der Waals surface area contributed by atoms with Gasteiger partial charge in [0.1, 0.15) is 6.10 Å². The average Bonchev–Trinajstić information content (AvgIpc) is 3.53. The Bertz CT molecular complexity index is 1350. The highest BCUT2D eigenvalue weighted by atomic mass is 79.9. The first kappa shape index (κ1) is 27.0. The maximum Gasteiger partial charge on any atom is 0.246 e. The summed E-state index contributed by atoms with van der Waals surface area (Å²) in [7, 11) is 1.69. The minimum Gasteiger partial charge on any atom is -0.493 e. The van der Waals surface area contributed by atoms with Gasteiger partial charge in [0, 0.05) is 45.5 Å². The maximum absolute atomic E-state index is 13.9. The zero-order valence-electron chi connectivity index (χ0n) is 23.6. The van der Waals surface area contributed by atoms with Crippen LogP contribution in [0.3, 0.4) is 0 Å². The molecule has 0 unspecified atom stereocenters. The summed E-state index contributed by atoms with van der Waals surface area (Å²) in [6.45, 7) is 7.01. The van der Waals surface area contributed by atoms with Crippen molar-refractivity contribution in [1.82, 2.24) is 9.80 Å². The van der Waals surface area contributed by atoms with Crippen molar-refractivity contribution >= 4 is 39.2 Å². The molecule has 5 atom stereocenters. The summed E-state index contributed by atoms with van der Waals surface area (Å²) >= 11 is 5.13. The SMILES string of the molecule is COc1ccc2c3c1O[C@H]1[C@H](N(CC(C)C)C(=O)/C=C/c4cc(Br)cs4)CC[C@@]4(O)[C@@H](C2)N(CC2CC2)CC[C@]314. The summed E-state index contributed by atoms with van der Waals surface area (Å²) in [5, 5.41) is 14.9. The van der Waals surface area contributed by atoms with Gasteiger partial charge in [-0.15, -0.1) is 11.3 Å². The van der Waals surface area contributed by atoms with E-state index in [4.69, 9.17) is 9.47 Å². The van der Waals surface area contributed by atoms with Gasteiger partial charge in [0.2, 0.25) is 5.91 Å². The number of hydrogen-bond acceptors (Lipinski definition) is 6. The topological polar surface area (TPSA) is 62.2 Å². The fourth-order valence-electron chi connectivity index (χ4n) is 8.37. The first-order chi connectivity index (χ1) is 19.2. The molecule has 1 saturated heterocycles. The molecule has 6 nitrogen and oxygen atoms in total. The van der Waals surface area contributed by atoms with Crippen LogP contribution in [0.2, 0.25) is 0 Å². The minimum absolute atomic E-state index is 0.00957. The molecule has 2 aliphatic heterocycles. The molecular weight excluding hydrogens is 588 g/mol. The molecule has 1 amide bonds. The Morgan fingerprint density at radius 3 is 2.85 bits per heavy atom. The number of amides is 1. The van der Waals surface area contributed by atoms with Gasteiger partial charge in [-0.2, -0.15) is 0 Å². The number of benzene rings is 1. The number of piperidine rings is 1. The van der Waals surface area contributed by atoms with Crippen LogP contribution in [-0.2, 0) is 16.6 Å². The number of carbonyl (C=O) groups excluding carboxylic acids is 1. The van der Waals surface area contributed by atoms with Crippen LogP contribution in [0.4, 0.5) is 0 Å². The van der Waals surface area contributed by atoms with Crippen LogP contribution in [0.5, 0.6) is 11.5 Å². The van der Waals surface area contributed by atoms with E-state index in [1.54, 1.807) is 24.5 Å². The molecule has 3 fully saturated rings. The second-order valence-electron chi connectivity index (χ2n) is 13.0. The normalized spacial score (nSPS) is 32.3. The average molecular weight is 628 g/mol. The molecule has 40 heavy (non-hydrogen) atoms. The molecule has 1 N–H and O–H groups in total. The van der Waals surface area contributed by atoms with E-state index in [2.05, 4.69) is 40.7 Å². The Hall–Kier alpha value is -1.87. The zero-order valence-corrected chi connectivity index (χ0v) is 26.0. The van der Waals surface area contributed by atoms with Gasteiger partial charge in [-0.05, 0) is 96.6 Å². The summed E-state index contributed by atoms with van der Waals surface area (Å²) < 4.78 is 13.8. The molecule has 1 aromatic heterocycles. The Balaban J connectivity index is 1.30.